The van der Waals surface area contributed by atoms with Gasteiger partial charge < -0.3 is 4.74 Å². The lowest BCUT2D eigenvalue weighted by atomic mass is 10.0. The monoisotopic (exact) mass is 404 g/mol. The molecule has 0 unspecified atom stereocenters. The van der Waals surface area contributed by atoms with Crippen LogP contribution in [0.5, 0.6) is 5.75 Å². The van der Waals surface area contributed by atoms with Crippen molar-refractivity contribution in [3.63, 3.8) is 0 Å². The SMILES string of the molecule is COc1ccccc1-n1c(/C=C/c2cccc3ccccc23)nc2ccccc2c1=O. The summed E-state index contributed by atoms with van der Waals surface area (Å²) in [4.78, 5) is 18.3. The zero-order valence-electron chi connectivity index (χ0n) is 17.0. The average molecular weight is 404 g/mol. The van der Waals surface area contributed by atoms with Crippen LogP contribution in [0.1, 0.15) is 11.4 Å². The van der Waals surface area contributed by atoms with Crippen LogP contribution < -0.4 is 10.3 Å². The molecule has 150 valence electrons. The van der Waals surface area contributed by atoms with Crippen molar-refractivity contribution in [2.75, 3.05) is 7.11 Å². The van der Waals surface area contributed by atoms with E-state index in [1.165, 1.54) is 5.39 Å². The summed E-state index contributed by atoms with van der Waals surface area (Å²) in [6, 6.07) is 29.3. The van der Waals surface area contributed by atoms with Gasteiger partial charge in [0.1, 0.15) is 11.6 Å². The van der Waals surface area contributed by atoms with Crippen molar-refractivity contribution in [3.8, 4) is 11.4 Å². The lowest BCUT2D eigenvalue weighted by Gasteiger charge is -2.14. The second-order valence-electron chi connectivity index (χ2n) is 7.20. The molecule has 4 heteroatoms. The number of para-hydroxylation sites is 3. The molecule has 0 aliphatic rings. The van der Waals surface area contributed by atoms with Crippen LogP contribution in [0.25, 0.3) is 39.5 Å². The van der Waals surface area contributed by atoms with E-state index in [0.717, 1.165) is 10.9 Å². The molecule has 1 heterocycles. The molecular formula is C27H20N2O2. The Hall–Kier alpha value is -4.18. The maximum absolute atomic E-state index is 13.5. The molecule has 0 aliphatic heterocycles. The molecular weight excluding hydrogens is 384 g/mol. The van der Waals surface area contributed by atoms with Crippen LogP contribution in [0.2, 0.25) is 0 Å². The Labute approximate surface area is 179 Å². The Morgan fingerprint density at radius 1 is 0.774 bits per heavy atom. The first-order valence-corrected chi connectivity index (χ1v) is 10.1. The van der Waals surface area contributed by atoms with Gasteiger partial charge in [-0.15, -0.1) is 0 Å². The highest BCUT2D eigenvalue weighted by molar-refractivity contribution is 5.92. The van der Waals surface area contributed by atoms with Gasteiger partial charge in [0, 0.05) is 0 Å². The highest BCUT2D eigenvalue weighted by Gasteiger charge is 2.14. The van der Waals surface area contributed by atoms with E-state index in [1.54, 1.807) is 17.7 Å². The van der Waals surface area contributed by atoms with E-state index < -0.39 is 0 Å². The van der Waals surface area contributed by atoms with Crippen LogP contribution in [0.15, 0.2) is 95.8 Å². The van der Waals surface area contributed by atoms with E-state index in [-0.39, 0.29) is 5.56 Å². The van der Waals surface area contributed by atoms with Gasteiger partial charge in [0.25, 0.3) is 5.56 Å². The van der Waals surface area contributed by atoms with Gasteiger partial charge in [-0.1, -0.05) is 72.8 Å². The molecule has 0 radical (unpaired) electrons. The summed E-state index contributed by atoms with van der Waals surface area (Å²) >= 11 is 0. The molecule has 0 N–H and O–H groups in total. The van der Waals surface area contributed by atoms with Gasteiger partial charge in [0.05, 0.1) is 23.7 Å². The highest BCUT2D eigenvalue weighted by atomic mass is 16.5. The Morgan fingerprint density at radius 2 is 1.48 bits per heavy atom. The maximum Gasteiger partial charge on any atom is 0.266 e. The third-order valence-corrected chi connectivity index (χ3v) is 5.36. The lowest BCUT2D eigenvalue weighted by Crippen LogP contribution is -2.22. The standard InChI is InChI=1S/C27H20N2O2/c1-31-25-16-7-6-15-24(25)29-26(28-23-14-5-4-13-22(23)27(29)30)18-17-20-11-8-10-19-9-2-3-12-21(19)20/h2-18H,1H3/b18-17+. The summed E-state index contributed by atoms with van der Waals surface area (Å²) in [5.74, 6) is 1.16. The molecule has 0 saturated heterocycles. The van der Waals surface area contributed by atoms with E-state index in [1.807, 2.05) is 72.8 Å². The number of benzene rings is 4. The average Bonchev–Trinajstić information content (AvgIpc) is 2.83. The first-order chi connectivity index (χ1) is 15.3. The fourth-order valence-corrected chi connectivity index (χ4v) is 3.87. The van der Waals surface area contributed by atoms with Gasteiger partial charge in [0.15, 0.2) is 0 Å². The Kier molecular flexibility index (Phi) is 4.81. The second-order valence-corrected chi connectivity index (χ2v) is 7.20. The number of aromatic nitrogens is 2. The van der Waals surface area contributed by atoms with E-state index >= 15 is 0 Å². The van der Waals surface area contributed by atoms with Gasteiger partial charge in [-0.25, -0.2) is 4.98 Å². The quantitative estimate of drug-likeness (QED) is 0.385. The Bertz CT molecular complexity index is 1490. The Morgan fingerprint density at radius 3 is 2.35 bits per heavy atom. The van der Waals surface area contributed by atoms with Crippen LogP contribution in [-0.4, -0.2) is 16.7 Å². The lowest BCUT2D eigenvalue weighted by molar-refractivity contribution is 0.412. The molecule has 0 aliphatic carbocycles. The van der Waals surface area contributed by atoms with Gasteiger partial charge >= 0.3 is 0 Å². The molecule has 5 rings (SSSR count). The van der Waals surface area contributed by atoms with Crippen molar-refractivity contribution >= 4 is 33.8 Å². The first kappa shape index (κ1) is 18.8. The number of ether oxygens (including phenoxy) is 1. The highest BCUT2D eigenvalue weighted by Crippen LogP contribution is 2.25. The number of hydrogen-bond acceptors (Lipinski definition) is 3. The molecule has 0 atom stereocenters. The predicted molar refractivity (Wildman–Crippen MR) is 127 cm³/mol. The van der Waals surface area contributed by atoms with Crippen LogP contribution in [0.4, 0.5) is 0 Å². The van der Waals surface area contributed by atoms with E-state index in [9.17, 15) is 4.79 Å². The summed E-state index contributed by atoms with van der Waals surface area (Å²) < 4.78 is 7.14. The summed E-state index contributed by atoms with van der Waals surface area (Å²) in [5, 5.41) is 2.88. The minimum absolute atomic E-state index is 0.132. The van der Waals surface area contributed by atoms with Crippen molar-refractivity contribution < 1.29 is 4.74 Å². The van der Waals surface area contributed by atoms with Crippen LogP contribution in [0, 0.1) is 0 Å². The number of hydrogen-bond donors (Lipinski definition) is 0. The molecule has 4 aromatic carbocycles. The maximum atomic E-state index is 13.5. The molecule has 1 aromatic heterocycles. The molecule has 0 bridgehead atoms. The second kappa shape index (κ2) is 7.92. The van der Waals surface area contributed by atoms with Gasteiger partial charge in [-0.05, 0) is 46.7 Å². The zero-order chi connectivity index (χ0) is 21.2. The number of fused-ring (bicyclic) bond motifs is 2. The van der Waals surface area contributed by atoms with E-state index in [4.69, 9.17) is 9.72 Å². The summed E-state index contributed by atoms with van der Waals surface area (Å²) in [6.07, 6.45) is 3.90. The van der Waals surface area contributed by atoms with Crippen LogP contribution >= 0.6 is 0 Å². The normalized spacial score (nSPS) is 11.4. The van der Waals surface area contributed by atoms with Crippen LogP contribution in [-0.2, 0) is 0 Å². The number of rotatable bonds is 4. The third-order valence-electron chi connectivity index (χ3n) is 5.36. The van der Waals surface area contributed by atoms with Crippen molar-refractivity contribution in [2.24, 2.45) is 0 Å². The minimum Gasteiger partial charge on any atom is -0.495 e. The molecule has 0 amide bonds. The molecule has 4 nitrogen and oxygen atoms in total. The van der Waals surface area contributed by atoms with Gasteiger partial charge in [0.2, 0.25) is 0 Å². The first-order valence-electron chi connectivity index (χ1n) is 10.1. The number of nitrogens with zero attached hydrogens (tertiary/aromatic N) is 2. The smallest absolute Gasteiger partial charge is 0.266 e. The molecule has 31 heavy (non-hydrogen) atoms. The topological polar surface area (TPSA) is 44.1 Å². The van der Waals surface area contributed by atoms with Crippen LogP contribution in [0.3, 0.4) is 0 Å². The van der Waals surface area contributed by atoms with Gasteiger partial charge in [-0.3, -0.25) is 9.36 Å². The molecule has 0 saturated carbocycles. The number of methoxy groups -OCH3 is 1. The zero-order valence-corrected chi connectivity index (χ0v) is 17.0. The fourth-order valence-electron chi connectivity index (χ4n) is 3.87. The summed E-state index contributed by atoms with van der Waals surface area (Å²) in [6.45, 7) is 0. The minimum atomic E-state index is -0.132. The third kappa shape index (κ3) is 3.38. The Balaban J connectivity index is 1.76. The van der Waals surface area contributed by atoms with Gasteiger partial charge in [-0.2, -0.15) is 0 Å². The van der Waals surface area contributed by atoms with E-state index in [0.29, 0.717) is 28.2 Å². The van der Waals surface area contributed by atoms with Crippen molar-refractivity contribution in [1.29, 1.82) is 0 Å². The molecule has 5 aromatic rings. The summed E-state index contributed by atoms with van der Waals surface area (Å²) in [5.41, 5.74) is 2.25. The van der Waals surface area contributed by atoms with E-state index in [2.05, 4.69) is 24.3 Å². The van der Waals surface area contributed by atoms with Crippen molar-refractivity contribution in [3.05, 3.63) is 113 Å². The summed E-state index contributed by atoms with van der Waals surface area (Å²) in [7, 11) is 1.60. The van der Waals surface area contributed by atoms with Crippen molar-refractivity contribution in [2.45, 2.75) is 0 Å². The van der Waals surface area contributed by atoms with Crippen molar-refractivity contribution in [1.82, 2.24) is 9.55 Å². The molecule has 0 spiro atoms. The predicted octanol–water partition coefficient (Wildman–Crippen LogP) is 5.72. The largest absolute Gasteiger partial charge is 0.495 e. The fraction of sp³-hybridized carbons (Fsp3) is 0.0370. The molecule has 0 fully saturated rings.